The molecule has 0 spiro atoms. The van der Waals surface area contributed by atoms with Crippen LogP contribution in [0.2, 0.25) is 0 Å². The van der Waals surface area contributed by atoms with Crippen molar-refractivity contribution >= 4 is 29.9 Å². The van der Waals surface area contributed by atoms with Crippen molar-refractivity contribution in [2.45, 2.75) is 32.9 Å². The molecule has 0 unspecified atom stereocenters. The number of likely N-dealkylation sites (tertiary alicyclic amines) is 1. The highest BCUT2D eigenvalue weighted by molar-refractivity contribution is 14.0. The van der Waals surface area contributed by atoms with E-state index < -0.39 is 0 Å². The van der Waals surface area contributed by atoms with Gasteiger partial charge in [0.05, 0.1) is 6.54 Å². The lowest BCUT2D eigenvalue weighted by Gasteiger charge is -2.30. The molecule has 1 heterocycles. The van der Waals surface area contributed by atoms with Gasteiger partial charge in [0, 0.05) is 13.1 Å². The average Bonchev–Trinajstić information content (AvgIpc) is 2.54. The fourth-order valence-corrected chi connectivity index (χ4v) is 2.64. The minimum absolute atomic E-state index is 0. The fraction of sp³-hybridized carbons (Fsp3) is 0.500. The lowest BCUT2D eigenvalue weighted by Crippen LogP contribution is -2.32. The van der Waals surface area contributed by atoms with E-state index in [2.05, 4.69) is 53.0 Å². The molecule has 4 nitrogen and oxygen atoms in total. The molecule has 5 heteroatoms. The molecule has 128 valence electrons. The van der Waals surface area contributed by atoms with Gasteiger partial charge in [-0.2, -0.15) is 0 Å². The van der Waals surface area contributed by atoms with Crippen LogP contribution in [0.1, 0.15) is 30.9 Å². The summed E-state index contributed by atoms with van der Waals surface area (Å²) in [5.41, 5.74) is 8.31. The molecule has 0 saturated carbocycles. The Morgan fingerprint density at radius 3 is 2.52 bits per heavy atom. The van der Waals surface area contributed by atoms with E-state index in [1.807, 2.05) is 0 Å². The Labute approximate surface area is 157 Å². The maximum Gasteiger partial charge on any atom is 0.189 e. The van der Waals surface area contributed by atoms with Gasteiger partial charge in [-0.1, -0.05) is 37.3 Å². The number of nitrogens with one attached hydrogen (secondary N) is 1. The normalized spacial score (nSPS) is 16.7. The number of piperidine rings is 1. The molecule has 0 radical (unpaired) electrons. The van der Waals surface area contributed by atoms with Crippen LogP contribution in [0.3, 0.4) is 0 Å². The van der Waals surface area contributed by atoms with E-state index in [9.17, 15) is 0 Å². The Hall–Kier alpha value is -1.08. The summed E-state index contributed by atoms with van der Waals surface area (Å²) in [6.07, 6.45) is 4.41. The fourth-order valence-electron chi connectivity index (χ4n) is 2.64. The first kappa shape index (κ1) is 20.0. The Kier molecular flexibility index (Phi) is 9.24. The molecule has 1 aromatic carbocycles. The highest BCUT2D eigenvalue weighted by Gasteiger charge is 2.15. The molecule has 0 bridgehead atoms. The SMILES string of the molecule is C=CCNC(N)=NCc1ccc(CN2CCC(C)CC2)cc1.I. The van der Waals surface area contributed by atoms with Crippen molar-refractivity contribution in [2.75, 3.05) is 19.6 Å². The summed E-state index contributed by atoms with van der Waals surface area (Å²) in [5.74, 6) is 1.35. The standard InChI is InChI=1S/C18H28N4.HI/c1-3-10-20-18(19)21-13-16-4-6-17(7-5-16)14-22-11-8-15(2)9-12-22;/h3-7,15H,1,8-14H2,2H3,(H3,19,20,21);1H. The molecule has 0 atom stereocenters. The highest BCUT2D eigenvalue weighted by atomic mass is 127. The van der Waals surface area contributed by atoms with Gasteiger partial charge in [-0.15, -0.1) is 30.6 Å². The molecule has 0 amide bonds. The Morgan fingerprint density at radius 1 is 1.30 bits per heavy atom. The van der Waals surface area contributed by atoms with Crippen molar-refractivity contribution < 1.29 is 0 Å². The van der Waals surface area contributed by atoms with Crippen LogP contribution >= 0.6 is 24.0 Å². The van der Waals surface area contributed by atoms with Gasteiger partial charge >= 0.3 is 0 Å². The smallest absolute Gasteiger partial charge is 0.189 e. The van der Waals surface area contributed by atoms with Gasteiger partial charge in [0.15, 0.2) is 5.96 Å². The molecule has 1 aliphatic heterocycles. The summed E-state index contributed by atoms with van der Waals surface area (Å²) in [5, 5.41) is 2.97. The van der Waals surface area contributed by atoms with E-state index in [-0.39, 0.29) is 24.0 Å². The van der Waals surface area contributed by atoms with Crippen LogP contribution in [-0.2, 0) is 13.1 Å². The predicted molar refractivity (Wildman–Crippen MR) is 109 cm³/mol. The number of halogens is 1. The zero-order valence-corrected chi connectivity index (χ0v) is 16.3. The first-order chi connectivity index (χ1) is 10.7. The molecule has 1 aromatic rings. The van der Waals surface area contributed by atoms with Gasteiger partial charge in [-0.3, -0.25) is 4.90 Å². The van der Waals surface area contributed by atoms with Gasteiger partial charge in [0.25, 0.3) is 0 Å². The van der Waals surface area contributed by atoms with Crippen LogP contribution in [0.25, 0.3) is 0 Å². The maximum atomic E-state index is 5.76. The molecule has 0 aromatic heterocycles. The topological polar surface area (TPSA) is 53.6 Å². The summed E-state index contributed by atoms with van der Waals surface area (Å²) < 4.78 is 0. The number of hydrogen-bond acceptors (Lipinski definition) is 2. The third-order valence-electron chi connectivity index (χ3n) is 4.16. The summed E-state index contributed by atoms with van der Waals surface area (Å²) >= 11 is 0. The van der Waals surface area contributed by atoms with Crippen molar-refractivity contribution in [2.24, 2.45) is 16.6 Å². The van der Waals surface area contributed by atoms with Crippen LogP contribution in [0, 0.1) is 5.92 Å². The summed E-state index contributed by atoms with van der Waals surface area (Å²) in [6.45, 7) is 10.7. The minimum atomic E-state index is 0. The molecule has 1 fully saturated rings. The number of aliphatic imine (C=N–C) groups is 1. The predicted octanol–water partition coefficient (Wildman–Crippen LogP) is 3.13. The summed E-state index contributed by atoms with van der Waals surface area (Å²) in [6, 6.07) is 8.70. The second kappa shape index (κ2) is 10.6. The minimum Gasteiger partial charge on any atom is -0.370 e. The van der Waals surface area contributed by atoms with Crippen molar-refractivity contribution in [1.82, 2.24) is 10.2 Å². The quantitative estimate of drug-likeness (QED) is 0.317. The van der Waals surface area contributed by atoms with Crippen LogP contribution < -0.4 is 11.1 Å². The van der Waals surface area contributed by atoms with E-state index in [1.165, 1.54) is 37.1 Å². The number of benzene rings is 1. The Balaban J connectivity index is 0.00000264. The van der Waals surface area contributed by atoms with Gasteiger partial charge < -0.3 is 11.1 Å². The molecule has 23 heavy (non-hydrogen) atoms. The van der Waals surface area contributed by atoms with E-state index in [1.54, 1.807) is 6.08 Å². The van der Waals surface area contributed by atoms with Crippen LogP contribution in [-0.4, -0.2) is 30.5 Å². The highest BCUT2D eigenvalue weighted by Crippen LogP contribution is 2.18. The van der Waals surface area contributed by atoms with Gasteiger partial charge in [-0.25, -0.2) is 4.99 Å². The Bertz CT molecular complexity index is 490. The Morgan fingerprint density at radius 2 is 1.91 bits per heavy atom. The van der Waals surface area contributed by atoms with E-state index in [0.29, 0.717) is 19.0 Å². The first-order valence-corrected chi connectivity index (χ1v) is 8.12. The number of hydrogen-bond donors (Lipinski definition) is 2. The lowest BCUT2D eigenvalue weighted by atomic mass is 9.99. The third-order valence-corrected chi connectivity index (χ3v) is 4.16. The maximum absolute atomic E-state index is 5.76. The number of rotatable bonds is 6. The number of guanidine groups is 1. The summed E-state index contributed by atoms with van der Waals surface area (Å²) in [4.78, 5) is 6.86. The molecule has 0 aliphatic carbocycles. The van der Waals surface area contributed by atoms with Crippen molar-refractivity contribution in [1.29, 1.82) is 0 Å². The molecule has 3 N–H and O–H groups in total. The van der Waals surface area contributed by atoms with Gasteiger partial charge in [-0.05, 0) is 43.0 Å². The molecule has 1 aliphatic rings. The zero-order valence-electron chi connectivity index (χ0n) is 14.0. The van der Waals surface area contributed by atoms with Crippen LogP contribution in [0.15, 0.2) is 41.9 Å². The van der Waals surface area contributed by atoms with Crippen molar-refractivity contribution in [3.05, 3.63) is 48.0 Å². The first-order valence-electron chi connectivity index (χ1n) is 8.12. The second-order valence-electron chi connectivity index (χ2n) is 6.15. The molecular formula is C18H29IN4. The average molecular weight is 428 g/mol. The third kappa shape index (κ3) is 7.35. The monoisotopic (exact) mass is 428 g/mol. The zero-order chi connectivity index (χ0) is 15.8. The van der Waals surface area contributed by atoms with Gasteiger partial charge in [0.2, 0.25) is 0 Å². The van der Waals surface area contributed by atoms with Crippen molar-refractivity contribution in [3.63, 3.8) is 0 Å². The van der Waals surface area contributed by atoms with E-state index in [4.69, 9.17) is 5.73 Å². The number of nitrogens with zero attached hydrogens (tertiary/aromatic N) is 2. The number of nitrogens with two attached hydrogens (primary N) is 1. The largest absolute Gasteiger partial charge is 0.370 e. The molecular weight excluding hydrogens is 399 g/mol. The molecule has 1 saturated heterocycles. The van der Waals surface area contributed by atoms with Gasteiger partial charge in [0.1, 0.15) is 0 Å². The van der Waals surface area contributed by atoms with Crippen LogP contribution in [0.4, 0.5) is 0 Å². The van der Waals surface area contributed by atoms with Crippen molar-refractivity contribution in [3.8, 4) is 0 Å². The summed E-state index contributed by atoms with van der Waals surface area (Å²) in [7, 11) is 0. The lowest BCUT2D eigenvalue weighted by molar-refractivity contribution is 0.185. The second-order valence-corrected chi connectivity index (χ2v) is 6.15. The molecule has 2 rings (SSSR count). The van der Waals surface area contributed by atoms with E-state index >= 15 is 0 Å². The van der Waals surface area contributed by atoms with Crippen LogP contribution in [0.5, 0.6) is 0 Å². The van der Waals surface area contributed by atoms with E-state index in [0.717, 1.165) is 12.5 Å².